The maximum absolute atomic E-state index is 5.38. The third kappa shape index (κ3) is 25.9. The molecule has 0 spiro atoms. The van der Waals surface area contributed by atoms with E-state index in [1.165, 1.54) is 66.8 Å². The topological polar surface area (TPSA) is 55.4 Å². The average molecular weight is 1880 g/mol. The van der Waals surface area contributed by atoms with Crippen LogP contribution in [-0.2, 0) is 21.7 Å². The first-order chi connectivity index (χ1) is 65.2. The van der Waals surface area contributed by atoms with E-state index in [1.54, 1.807) is 53.0 Å². The van der Waals surface area contributed by atoms with Crippen LogP contribution in [-0.4, -0.2) is 66.9 Å². The average Bonchev–Trinajstić information content (AvgIpc) is 0.632. The normalized spacial score (nSPS) is 11.9. The SMILES string of the molecule is CC(C)C(c1ccccc1)(c1ccccc1)c1ccccc1.CC(C)[Si](C)(C)C.CC(C)[Si](C)(C)C(C)(C)C.CC(C)[Si](c1ccccc1)(c1ccccc1)C(C)(C)C.COc1ccc(C(c2ccc(OC)cc2)(c2ccc(OC)cc2)C(C)C)cc1.COc1ccc(C(c2ccccc2)(c2ccc(OC)cc2)C(C)C)cc1.COc1ccc(C(c2ccccc2)(c2ccccc2)C(C)C)cc1. The number of hydrogen-bond donors (Lipinski definition) is 0. The van der Waals surface area contributed by atoms with Gasteiger partial charge in [-0.15, -0.1) is 0 Å². The molecule has 0 saturated heterocycles. The zero-order valence-corrected chi connectivity index (χ0v) is 91.9. The summed E-state index contributed by atoms with van der Waals surface area (Å²) in [6.07, 6.45) is 0. The first-order valence-corrected chi connectivity index (χ1v) is 58.2. The lowest BCUT2D eigenvalue weighted by molar-refractivity contribution is 0.407. The molecule has 724 valence electrons. The highest BCUT2D eigenvalue weighted by molar-refractivity contribution is 7.05. The van der Waals surface area contributed by atoms with Crippen molar-refractivity contribution in [3.63, 3.8) is 0 Å². The summed E-state index contributed by atoms with van der Waals surface area (Å²) < 4.78 is 32.2. The standard InChI is InChI=1S/C25H28O3.C24H26O2.C23H24O.C22H22.C19H26Si.C9H22Si.C6H16Si/c1-18(2)25(19-6-12-22(26-3)13-7-19,20-8-14-23(27-4)15-9-20)21-10-16-24(28-5)17-11-21;1-18(2)24(19-8-6-5-7-9-19,20-10-14-22(25-3)15-11-20)21-12-16-23(26-4)17-13-21;1-18(2)23(19-10-6-4-7-11-19,20-12-8-5-9-13-20)21-14-16-22(24-3)17-15-21;1-18(2)22(19-12-6-3-7-13-19,20-14-8-4-9-15-20)21-16-10-5-11-17-21;1-16(2)20(19(3,4)5,17-12-8-6-9-13-17)18-14-10-7-11-15-18;1-8(2)10(6,7)9(3,4)5;1-6(2)7(3,4)5/h6-18H,1-5H3;5-18H,1-4H3;4-18H,1-3H3;3-18H,1-2H3;6-16H,1-5H3;8H,1-7H3;6H,1-5H3. The molecule has 0 heterocycles. The molecular weight excluding hydrogens is 1720 g/mol. The zero-order valence-electron chi connectivity index (χ0n) is 88.9. The molecule has 0 N–H and O–H groups in total. The van der Waals surface area contributed by atoms with Crippen molar-refractivity contribution in [2.75, 3.05) is 42.7 Å². The molecule has 0 fully saturated rings. The minimum absolute atomic E-state index is 0.121. The molecule has 14 rings (SSSR count). The smallest absolute Gasteiger partial charge is 0.125 e. The van der Waals surface area contributed by atoms with Crippen molar-refractivity contribution < 1.29 is 28.4 Å². The van der Waals surface area contributed by atoms with E-state index >= 15 is 0 Å². The Kier molecular flexibility index (Phi) is 41.0. The summed E-state index contributed by atoms with van der Waals surface area (Å²) >= 11 is 0. The maximum atomic E-state index is 5.38. The lowest BCUT2D eigenvalue weighted by Crippen LogP contribution is -2.66. The Morgan fingerprint density at radius 2 is 0.314 bits per heavy atom. The summed E-state index contributed by atoms with van der Waals surface area (Å²) in [6.45, 7) is 59.0. The summed E-state index contributed by atoms with van der Waals surface area (Å²) in [5.74, 6) is 6.69. The number of benzene rings is 14. The zero-order chi connectivity index (χ0) is 101. The summed E-state index contributed by atoms with van der Waals surface area (Å²) in [5, 5.41) is 3.94. The molecule has 0 aliphatic heterocycles. The van der Waals surface area contributed by atoms with E-state index in [9.17, 15) is 0 Å². The van der Waals surface area contributed by atoms with Gasteiger partial charge in [0.15, 0.2) is 0 Å². The second-order valence-electron chi connectivity index (χ2n) is 42.0. The van der Waals surface area contributed by atoms with Crippen molar-refractivity contribution in [1.29, 1.82) is 0 Å². The van der Waals surface area contributed by atoms with Crippen molar-refractivity contribution >= 4 is 34.6 Å². The molecule has 137 heavy (non-hydrogen) atoms. The van der Waals surface area contributed by atoms with Crippen LogP contribution in [0.3, 0.4) is 0 Å². The monoisotopic (exact) mass is 1880 g/mol. The predicted octanol–water partition coefficient (Wildman–Crippen LogP) is 33.9. The van der Waals surface area contributed by atoms with Crippen LogP contribution in [0.25, 0.3) is 0 Å². The Balaban J connectivity index is 0.000000202. The molecule has 0 amide bonds. The first kappa shape index (κ1) is 111. The van der Waals surface area contributed by atoms with E-state index in [0.29, 0.717) is 34.3 Å². The third-order valence-corrected chi connectivity index (χ3v) is 46.5. The molecule has 14 aromatic rings. The third-order valence-electron chi connectivity index (χ3n) is 29.7. The second kappa shape index (κ2) is 50.7. The molecule has 0 atom stereocenters. The van der Waals surface area contributed by atoms with Gasteiger partial charge in [0.2, 0.25) is 0 Å². The van der Waals surface area contributed by atoms with Crippen LogP contribution in [0.4, 0.5) is 0 Å². The highest BCUT2D eigenvalue weighted by atomic mass is 28.3. The van der Waals surface area contributed by atoms with Crippen molar-refractivity contribution in [2.45, 2.75) is 220 Å². The molecule has 0 aliphatic rings. The molecule has 0 saturated carbocycles. The lowest BCUT2D eigenvalue weighted by Gasteiger charge is -2.47. The Hall–Kier alpha value is -11.5. The minimum atomic E-state index is -1.83. The molecule has 6 nitrogen and oxygen atoms in total. The second-order valence-corrected chi connectivity index (χ2v) is 59.4. The maximum Gasteiger partial charge on any atom is 0.125 e. The fourth-order valence-electron chi connectivity index (χ4n) is 20.2. The van der Waals surface area contributed by atoms with Crippen LogP contribution < -0.4 is 38.8 Å². The van der Waals surface area contributed by atoms with Crippen molar-refractivity contribution in [3.05, 3.63) is 455 Å². The highest BCUT2D eigenvalue weighted by Gasteiger charge is 2.50. The van der Waals surface area contributed by atoms with Crippen molar-refractivity contribution in [3.8, 4) is 34.5 Å². The van der Waals surface area contributed by atoms with Gasteiger partial charge in [-0.05, 0) is 179 Å². The molecule has 0 unspecified atom stereocenters. The summed E-state index contributed by atoms with van der Waals surface area (Å²) in [7, 11) is 6.64. The highest BCUT2D eigenvalue weighted by Crippen LogP contribution is 2.52. The van der Waals surface area contributed by atoms with Gasteiger partial charge >= 0.3 is 0 Å². The van der Waals surface area contributed by atoms with Gasteiger partial charge in [-0.2, -0.15) is 0 Å². The molecule has 0 radical (unpaired) electrons. The van der Waals surface area contributed by atoms with Gasteiger partial charge in [0.05, 0.1) is 50.7 Å². The molecule has 14 aromatic carbocycles. The summed E-state index contributed by atoms with van der Waals surface area (Å²) in [4.78, 5) is 0. The van der Waals surface area contributed by atoms with Crippen LogP contribution in [0.15, 0.2) is 388 Å². The van der Waals surface area contributed by atoms with Crippen molar-refractivity contribution in [1.82, 2.24) is 0 Å². The Morgan fingerprint density at radius 1 is 0.175 bits per heavy atom. The quantitative estimate of drug-likeness (QED) is 0.0378. The molecule has 9 heteroatoms. The minimum Gasteiger partial charge on any atom is -0.497 e. The summed E-state index contributed by atoms with van der Waals surface area (Å²) in [6, 6.07) is 138. The van der Waals surface area contributed by atoms with Crippen molar-refractivity contribution in [2.24, 2.45) is 23.7 Å². The predicted molar refractivity (Wildman–Crippen MR) is 599 cm³/mol. The van der Waals surface area contributed by atoms with Crippen LogP contribution in [0.5, 0.6) is 34.5 Å². The number of hydrogen-bond acceptors (Lipinski definition) is 6. The number of rotatable bonds is 27. The van der Waals surface area contributed by atoms with E-state index in [-0.39, 0.29) is 26.7 Å². The van der Waals surface area contributed by atoms with Gasteiger partial charge in [0.25, 0.3) is 0 Å². The molecule has 0 aliphatic carbocycles. The molecule has 0 aromatic heterocycles. The van der Waals surface area contributed by atoms with E-state index in [1.807, 2.05) is 60.7 Å². The van der Waals surface area contributed by atoms with Gasteiger partial charge in [0.1, 0.15) is 42.6 Å². The van der Waals surface area contributed by atoms with Crippen LogP contribution >= 0.6 is 0 Å². The van der Waals surface area contributed by atoms with Gasteiger partial charge < -0.3 is 28.4 Å². The largest absolute Gasteiger partial charge is 0.497 e. The fraction of sp³-hybridized carbons (Fsp3) is 0.344. The summed E-state index contributed by atoms with van der Waals surface area (Å²) in [5.41, 5.74) is 17.0. The number of ether oxygens (including phenoxy) is 6. The lowest BCUT2D eigenvalue weighted by atomic mass is 9.63. The first-order valence-electron chi connectivity index (χ1n) is 49.5. The van der Waals surface area contributed by atoms with Gasteiger partial charge in [-0.1, -0.05) is 508 Å². The van der Waals surface area contributed by atoms with E-state index in [2.05, 4.69) is 499 Å². The molecular formula is C128H164O6Si3. The van der Waals surface area contributed by atoms with E-state index in [4.69, 9.17) is 28.4 Å². The van der Waals surface area contributed by atoms with E-state index in [0.717, 1.165) is 45.6 Å². The van der Waals surface area contributed by atoms with Crippen LogP contribution in [0, 0.1) is 23.7 Å². The van der Waals surface area contributed by atoms with Crippen LogP contribution in [0.1, 0.15) is 205 Å². The number of methoxy groups -OCH3 is 6. The Morgan fingerprint density at radius 3 is 0.409 bits per heavy atom. The molecule has 0 bridgehead atoms. The van der Waals surface area contributed by atoms with Gasteiger partial charge in [-0.3, -0.25) is 0 Å². The van der Waals surface area contributed by atoms with Gasteiger partial charge in [0, 0.05) is 29.7 Å². The Labute approximate surface area is 832 Å². The Bertz CT molecular complexity index is 5380. The van der Waals surface area contributed by atoms with Gasteiger partial charge in [-0.25, -0.2) is 0 Å². The van der Waals surface area contributed by atoms with E-state index < -0.39 is 24.2 Å². The fourth-order valence-corrected chi connectivity index (χ4v) is 28.5. The van der Waals surface area contributed by atoms with Crippen LogP contribution in [0.2, 0.25) is 59.4 Å².